The van der Waals surface area contributed by atoms with Crippen molar-refractivity contribution in [2.24, 2.45) is 0 Å². The molecule has 1 unspecified atom stereocenters. The van der Waals surface area contributed by atoms with Crippen LogP contribution in [0.5, 0.6) is 0 Å². The highest BCUT2D eigenvalue weighted by Crippen LogP contribution is 2.30. The van der Waals surface area contributed by atoms with E-state index in [1.807, 2.05) is 28.8 Å². The molecule has 1 atom stereocenters. The van der Waals surface area contributed by atoms with Crippen LogP contribution >= 0.6 is 0 Å². The fraction of sp³-hybridized carbons (Fsp3) is 0.526. The molecule has 26 heavy (non-hydrogen) atoms. The molecule has 2 aromatic rings. The first-order valence-corrected chi connectivity index (χ1v) is 9.07. The standard InChI is InChI=1S/C19H24N4O3/c1-19(2,3)17-21-15(14-6-4-5-9-22(14)17)16(24)20-10-13-11-23(12-7-8-12)18(25)26-13/h4-6,9,12-13H,7-8,10-11H2,1-3H3,(H,20,24). The molecule has 7 nitrogen and oxygen atoms in total. The number of nitrogens with zero attached hydrogens (tertiary/aromatic N) is 3. The van der Waals surface area contributed by atoms with Crippen LogP contribution in [-0.4, -0.2) is 51.5 Å². The molecule has 2 amide bonds. The molecule has 2 aliphatic rings. The third-order valence-electron chi connectivity index (χ3n) is 4.81. The zero-order valence-corrected chi connectivity index (χ0v) is 15.4. The van der Waals surface area contributed by atoms with Crippen molar-refractivity contribution in [2.75, 3.05) is 13.1 Å². The van der Waals surface area contributed by atoms with Crippen molar-refractivity contribution in [3.05, 3.63) is 35.9 Å². The molecule has 0 aromatic carbocycles. The molecule has 0 bridgehead atoms. The maximum atomic E-state index is 12.7. The van der Waals surface area contributed by atoms with Crippen LogP contribution in [0.25, 0.3) is 5.52 Å². The number of carbonyl (C=O) groups is 2. The van der Waals surface area contributed by atoms with Gasteiger partial charge in [-0.25, -0.2) is 9.78 Å². The Hall–Kier alpha value is -2.57. The van der Waals surface area contributed by atoms with E-state index in [0.29, 0.717) is 24.8 Å². The molecule has 1 N–H and O–H groups in total. The zero-order chi connectivity index (χ0) is 18.5. The first-order valence-electron chi connectivity index (χ1n) is 9.07. The number of aromatic nitrogens is 2. The lowest BCUT2D eigenvalue weighted by Gasteiger charge is -2.16. The molecular formula is C19H24N4O3. The Morgan fingerprint density at radius 3 is 2.81 bits per heavy atom. The first kappa shape index (κ1) is 16.9. The van der Waals surface area contributed by atoms with Gasteiger partial charge in [0, 0.05) is 17.7 Å². The van der Waals surface area contributed by atoms with E-state index in [4.69, 9.17) is 4.74 Å². The Morgan fingerprint density at radius 1 is 1.35 bits per heavy atom. The number of nitrogens with one attached hydrogen (secondary N) is 1. The summed E-state index contributed by atoms with van der Waals surface area (Å²) in [6.07, 6.45) is 3.44. The van der Waals surface area contributed by atoms with Gasteiger partial charge in [-0.1, -0.05) is 26.8 Å². The molecule has 1 saturated heterocycles. The van der Waals surface area contributed by atoms with Gasteiger partial charge >= 0.3 is 6.09 Å². The summed E-state index contributed by atoms with van der Waals surface area (Å²) in [5, 5.41) is 2.88. The van der Waals surface area contributed by atoms with Crippen LogP contribution in [0.3, 0.4) is 0 Å². The van der Waals surface area contributed by atoms with Gasteiger partial charge in [-0.2, -0.15) is 0 Å². The van der Waals surface area contributed by atoms with Crippen LogP contribution < -0.4 is 5.32 Å². The summed E-state index contributed by atoms with van der Waals surface area (Å²) >= 11 is 0. The summed E-state index contributed by atoms with van der Waals surface area (Å²) in [5.41, 5.74) is 0.992. The van der Waals surface area contributed by atoms with Crippen molar-refractivity contribution in [1.29, 1.82) is 0 Å². The summed E-state index contributed by atoms with van der Waals surface area (Å²) < 4.78 is 7.31. The quantitative estimate of drug-likeness (QED) is 0.912. The van der Waals surface area contributed by atoms with E-state index in [0.717, 1.165) is 24.2 Å². The Morgan fingerprint density at radius 2 is 2.12 bits per heavy atom. The highest BCUT2D eigenvalue weighted by molar-refractivity contribution is 5.99. The van der Waals surface area contributed by atoms with Crippen LogP contribution in [0.1, 0.15) is 49.9 Å². The van der Waals surface area contributed by atoms with Crippen LogP contribution in [0, 0.1) is 0 Å². The summed E-state index contributed by atoms with van der Waals surface area (Å²) in [4.78, 5) is 30.9. The van der Waals surface area contributed by atoms with Crippen molar-refractivity contribution >= 4 is 17.5 Å². The predicted octanol–water partition coefficient (Wildman–Crippen LogP) is 2.34. The molecule has 0 radical (unpaired) electrons. The number of carbonyl (C=O) groups excluding carboxylic acids is 2. The number of rotatable bonds is 4. The van der Waals surface area contributed by atoms with Crippen molar-refractivity contribution in [3.8, 4) is 0 Å². The van der Waals surface area contributed by atoms with Crippen molar-refractivity contribution in [3.63, 3.8) is 0 Å². The van der Waals surface area contributed by atoms with E-state index in [9.17, 15) is 9.59 Å². The van der Waals surface area contributed by atoms with E-state index in [-0.39, 0.29) is 23.5 Å². The maximum absolute atomic E-state index is 12.7. The summed E-state index contributed by atoms with van der Waals surface area (Å²) in [7, 11) is 0. The summed E-state index contributed by atoms with van der Waals surface area (Å²) in [6, 6.07) is 6.04. The number of imidazole rings is 1. The molecule has 1 aliphatic heterocycles. The Labute approximate surface area is 152 Å². The van der Waals surface area contributed by atoms with Crippen LogP contribution in [-0.2, 0) is 10.2 Å². The van der Waals surface area contributed by atoms with E-state index < -0.39 is 0 Å². The van der Waals surface area contributed by atoms with Gasteiger partial charge in [0.15, 0.2) is 5.69 Å². The minimum absolute atomic E-state index is 0.186. The number of cyclic esters (lactones) is 1. The Kier molecular flexibility index (Phi) is 3.89. The molecule has 3 heterocycles. The molecule has 1 aliphatic carbocycles. The second kappa shape index (κ2) is 6.00. The minimum atomic E-state index is -0.303. The smallest absolute Gasteiger partial charge is 0.410 e. The Balaban J connectivity index is 1.49. The van der Waals surface area contributed by atoms with Crippen LogP contribution in [0.15, 0.2) is 24.4 Å². The number of hydrogen-bond donors (Lipinski definition) is 1. The van der Waals surface area contributed by atoms with Gasteiger partial charge < -0.3 is 19.4 Å². The molecule has 0 spiro atoms. The molecule has 138 valence electrons. The average Bonchev–Trinajstić information content (AvgIpc) is 3.24. The van der Waals surface area contributed by atoms with E-state index in [1.165, 1.54) is 0 Å². The predicted molar refractivity (Wildman–Crippen MR) is 96.2 cm³/mol. The van der Waals surface area contributed by atoms with Crippen molar-refractivity contribution in [1.82, 2.24) is 19.6 Å². The van der Waals surface area contributed by atoms with E-state index in [2.05, 4.69) is 31.1 Å². The molecule has 2 fully saturated rings. The zero-order valence-electron chi connectivity index (χ0n) is 15.4. The molecule has 4 rings (SSSR count). The lowest BCUT2D eigenvalue weighted by Crippen LogP contribution is -2.35. The second-order valence-electron chi connectivity index (χ2n) is 8.09. The highest BCUT2D eigenvalue weighted by Gasteiger charge is 2.41. The Bertz CT molecular complexity index is 863. The third-order valence-corrected chi connectivity index (χ3v) is 4.81. The fourth-order valence-corrected chi connectivity index (χ4v) is 3.36. The minimum Gasteiger partial charge on any atom is -0.442 e. The van der Waals surface area contributed by atoms with E-state index in [1.54, 1.807) is 4.90 Å². The first-order chi connectivity index (χ1) is 12.3. The van der Waals surface area contributed by atoms with Gasteiger partial charge in [0.05, 0.1) is 18.6 Å². The number of pyridine rings is 1. The van der Waals surface area contributed by atoms with E-state index >= 15 is 0 Å². The van der Waals surface area contributed by atoms with Crippen molar-refractivity contribution in [2.45, 2.75) is 51.2 Å². The number of fused-ring (bicyclic) bond motifs is 1. The van der Waals surface area contributed by atoms with Gasteiger partial charge in [-0.05, 0) is 25.0 Å². The molecule has 7 heteroatoms. The van der Waals surface area contributed by atoms with Gasteiger partial charge in [0.2, 0.25) is 0 Å². The lowest BCUT2D eigenvalue weighted by molar-refractivity contribution is 0.0911. The van der Waals surface area contributed by atoms with Crippen LogP contribution in [0.4, 0.5) is 4.79 Å². The summed E-state index contributed by atoms with van der Waals surface area (Å²) in [6.45, 7) is 7.05. The van der Waals surface area contributed by atoms with Gasteiger partial charge in [-0.15, -0.1) is 0 Å². The average molecular weight is 356 g/mol. The maximum Gasteiger partial charge on any atom is 0.410 e. The lowest BCUT2D eigenvalue weighted by atomic mass is 9.96. The third kappa shape index (κ3) is 3.02. The SMILES string of the molecule is CC(C)(C)c1nc(C(=O)NCC2CN(C3CC3)C(=O)O2)c2ccccn12. The molecule has 2 aromatic heterocycles. The monoisotopic (exact) mass is 356 g/mol. The number of amides is 2. The molecular weight excluding hydrogens is 332 g/mol. The van der Waals surface area contributed by atoms with Gasteiger partial charge in [-0.3, -0.25) is 4.79 Å². The summed E-state index contributed by atoms with van der Waals surface area (Å²) in [5.74, 6) is 0.593. The number of ether oxygens (including phenoxy) is 1. The van der Waals surface area contributed by atoms with Gasteiger partial charge in [0.1, 0.15) is 11.9 Å². The van der Waals surface area contributed by atoms with Crippen LogP contribution in [0.2, 0.25) is 0 Å². The molecule has 1 saturated carbocycles. The second-order valence-corrected chi connectivity index (χ2v) is 8.09. The van der Waals surface area contributed by atoms with Crippen molar-refractivity contribution < 1.29 is 14.3 Å². The van der Waals surface area contributed by atoms with Gasteiger partial charge in [0.25, 0.3) is 5.91 Å². The fourth-order valence-electron chi connectivity index (χ4n) is 3.36. The highest BCUT2D eigenvalue weighted by atomic mass is 16.6. The topological polar surface area (TPSA) is 75.9 Å². The largest absolute Gasteiger partial charge is 0.442 e. The normalized spacial score (nSPS) is 20.5. The number of hydrogen-bond acceptors (Lipinski definition) is 4.